The highest BCUT2D eigenvalue weighted by Gasteiger charge is 2.33. The number of halogens is 3. The molecule has 5 aromatic rings. The van der Waals surface area contributed by atoms with Gasteiger partial charge in [-0.15, -0.1) is 0 Å². The lowest BCUT2D eigenvalue weighted by atomic mass is 10.0. The molecule has 128 valence electrons. The van der Waals surface area contributed by atoms with Crippen molar-refractivity contribution in [2.24, 2.45) is 7.05 Å². The smallest absolute Gasteiger partial charge is 0.240 e. The molecule has 2 aromatic heterocycles. The van der Waals surface area contributed by atoms with Crippen LogP contribution in [-0.4, -0.2) is 4.40 Å². The van der Waals surface area contributed by atoms with Crippen LogP contribution in [0.3, 0.4) is 0 Å². The Kier molecular flexibility index (Phi) is 2.75. The minimum atomic E-state index is -4.47. The number of nitrogens with zero attached hydrogens (tertiary/aromatic N) is 2. The third-order valence-electron chi connectivity index (χ3n) is 5.01. The topological polar surface area (TPSA) is 25.4 Å². The Labute approximate surface area is 144 Å². The highest BCUT2D eigenvalue weighted by Crippen LogP contribution is 2.33. The van der Waals surface area contributed by atoms with Crippen molar-refractivity contribution in [1.29, 1.82) is 0 Å². The van der Waals surface area contributed by atoms with Crippen LogP contribution in [0, 0.1) is 0 Å². The first kappa shape index (κ1) is 15.1. The molecule has 0 fully saturated rings. The number of fused-ring (bicyclic) bond motifs is 4. The molecule has 0 aliphatic rings. The van der Waals surface area contributed by atoms with Crippen molar-refractivity contribution in [3.8, 4) is 0 Å². The molecule has 0 unspecified atom stereocenters. The van der Waals surface area contributed by atoms with Gasteiger partial charge in [-0.05, 0) is 29.7 Å². The molecule has 0 radical (unpaired) electrons. The molecule has 0 atom stereocenters. The summed E-state index contributed by atoms with van der Waals surface area (Å²) in [7, 11) is 1.77. The molecule has 0 aliphatic carbocycles. The number of pyridine rings is 1. The van der Waals surface area contributed by atoms with Crippen molar-refractivity contribution in [2.75, 3.05) is 0 Å². The third-order valence-corrected chi connectivity index (χ3v) is 5.01. The van der Waals surface area contributed by atoms with E-state index >= 15 is 0 Å². The zero-order valence-electron chi connectivity index (χ0n) is 13.6. The van der Waals surface area contributed by atoms with Crippen LogP contribution in [0.1, 0.15) is 5.56 Å². The molecule has 0 saturated carbocycles. The Hall–Kier alpha value is -3.15. The second-order valence-electron chi connectivity index (χ2n) is 6.43. The zero-order chi connectivity index (χ0) is 18.2. The fourth-order valence-electron chi connectivity index (χ4n) is 3.87. The zero-order valence-corrected chi connectivity index (χ0v) is 13.6. The van der Waals surface area contributed by atoms with Crippen molar-refractivity contribution in [2.45, 2.75) is 6.18 Å². The van der Waals surface area contributed by atoms with Gasteiger partial charge in [-0.2, -0.15) is 17.6 Å². The van der Waals surface area contributed by atoms with Gasteiger partial charge in [0.25, 0.3) is 5.65 Å². The van der Waals surface area contributed by atoms with E-state index in [1.807, 2.05) is 24.3 Å². The molecule has 0 spiro atoms. The summed E-state index contributed by atoms with van der Waals surface area (Å²) in [5.74, 6) is 0. The molecular formula is C20H12F3N2O+. The lowest BCUT2D eigenvalue weighted by molar-refractivity contribution is -0.617. The van der Waals surface area contributed by atoms with E-state index in [1.54, 1.807) is 23.7 Å². The Morgan fingerprint density at radius 2 is 1.65 bits per heavy atom. The number of benzene rings is 3. The Balaban J connectivity index is 2.13. The summed E-state index contributed by atoms with van der Waals surface area (Å²) in [6.45, 7) is 0. The molecule has 5 rings (SSSR count). The van der Waals surface area contributed by atoms with E-state index in [-0.39, 0.29) is 11.1 Å². The standard InChI is InChI=1S/C20H12F3N2O/c1-24-15-9-8-12(20(21,22)23)10-16(15)25-18(24)13-6-2-4-11-5-3-7-14(17(11)13)19(25)26/h2-10H,1H3/q+1. The van der Waals surface area contributed by atoms with Crippen LogP contribution in [0.25, 0.3) is 38.2 Å². The van der Waals surface area contributed by atoms with Gasteiger partial charge < -0.3 is 0 Å². The quantitative estimate of drug-likeness (QED) is 0.386. The maximum absolute atomic E-state index is 13.2. The number of aromatic nitrogens is 2. The van der Waals surface area contributed by atoms with Crippen LogP contribution in [-0.2, 0) is 13.2 Å². The Bertz CT molecular complexity index is 1390. The molecule has 6 heteroatoms. The highest BCUT2D eigenvalue weighted by atomic mass is 19.4. The summed E-state index contributed by atoms with van der Waals surface area (Å²) in [5, 5.41) is 3.10. The minimum absolute atomic E-state index is 0.258. The normalized spacial score (nSPS) is 12.8. The van der Waals surface area contributed by atoms with E-state index in [0.717, 1.165) is 28.3 Å². The number of rotatable bonds is 0. The second-order valence-corrected chi connectivity index (χ2v) is 6.43. The first-order valence-electron chi connectivity index (χ1n) is 8.06. The van der Waals surface area contributed by atoms with Crippen molar-refractivity contribution < 1.29 is 17.7 Å². The van der Waals surface area contributed by atoms with Crippen LogP contribution in [0.4, 0.5) is 13.2 Å². The molecule has 0 N–H and O–H groups in total. The van der Waals surface area contributed by atoms with Crippen LogP contribution < -0.4 is 10.1 Å². The van der Waals surface area contributed by atoms with Gasteiger partial charge in [0.2, 0.25) is 0 Å². The van der Waals surface area contributed by atoms with E-state index in [9.17, 15) is 18.0 Å². The number of imidazole rings is 1. The van der Waals surface area contributed by atoms with Gasteiger partial charge in [-0.1, -0.05) is 24.3 Å². The second kappa shape index (κ2) is 4.72. The maximum Gasteiger partial charge on any atom is 0.416 e. The predicted molar refractivity (Wildman–Crippen MR) is 93.5 cm³/mol. The molecule has 0 amide bonds. The lowest BCUT2D eigenvalue weighted by Crippen LogP contribution is -2.29. The van der Waals surface area contributed by atoms with Crippen molar-refractivity contribution in [3.63, 3.8) is 0 Å². The van der Waals surface area contributed by atoms with E-state index < -0.39 is 11.7 Å². The SMILES string of the molecule is C[n+]1c2ccc(C(F)(F)F)cc2n2c(=O)c3cccc4cccc(c43)c21. The first-order chi connectivity index (χ1) is 12.4. The molecule has 0 aliphatic heterocycles. The van der Waals surface area contributed by atoms with Gasteiger partial charge in [0.15, 0.2) is 11.0 Å². The van der Waals surface area contributed by atoms with Gasteiger partial charge in [0.1, 0.15) is 0 Å². The van der Waals surface area contributed by atoms with E-state index in [2.05, 4.69) is 0 Å². The van der Waals surface area contributed by atoms with Crippen LogP contribution >= 0.6 is 0 Å². The molecule has 2 heterocycles. The third kappa shape index (κ3) is 1.78. The molecule has 0 saturated heterocycles. The first-order valence-corrected chi connectivity index (χ1v) is 8.06. The lowest BCUT2D eigenvalue weighted by Gasteiger charge is -2.05. The van der Waals surface area contributed by atoms with Crippen LogP contribution in [0.2, 0.25) is 0 Å². The average Bonchev–Trinajstić information content (AvgIpc) is 2.91. The van der Waals surface area contributed by atoms with Crippen LogP contribution in [0.15, 0.2) is 59.4 Å². The average molecular weight is 353 g/mol. The summed E-state index contributed by atoms with van der Waals surface area (Å²) < 4.78 is 42.7. The van der Waals surface area contributed by atoms with Crippen molar-refractivity contribution >= 4 is 38.2 Å². The Morgan fingerprint density at radius 1 is 0.962 bits per heavy atom. The predicted octanol–water partition coefficient (Wildman–Crippen LogP) is 4.04. The van der Waals surface area contributed by atoms with Gasteiger partial charge in [-0.25, -0.2) is 9.36 Å². The largest absolute Gasteiger partial charge is 0.416 e. The van der Waals surface area contributed by atoms with Gasteiger partial charge >= 0.3 is 11.7 Å². The summed E-state index contributed by atoms with van der Waals surface area (Å²) in [6.07, 6.45) is -4.47. The van der Waals surface area contributed by atoms with E-state index in [1.165, 1.54) is 10.5 Å². The fourth-order valence-corrected chi connectivity index (χ4v) is 3.87. The minimum Gasteiger partial charge on any atom is -0.240 e. The van der Waals surface area contributed by atoms with Crippen molar-refractivity contribution in [1.82, 2.24) is 4.40 Å². The number of hydrogen-bond donors (Lipinski definition) is 0. The van der Waals surface area contributed by atoms with E-state index in [4.69, 9.17) is 0 Å². The van der Waals surface area contributed by atoms with Crippen molar-refractivity contribution in [3.05, 3.63) is 70.5 Å². The number of hydrogen-bond acceptors (Lipinski definition) is 1. The van der Waals surface area contributed by atoms with Gasteiger partial charge in [-0.3, -0.25) is 0 Å². The molecular weight excluding hydrogens is 341 g/mol. The number of aryl methyl sites for hydroxylation is 1. The van der Waals surface area contributed by atoms with Gasteiger partial charge in [0.05, 0.1) is 23.4 Å². The Morgan fingerprint density at radius 3 is 2.35 bits per heavy atom. The van der Waals surface area contributed by atoms with Gasteiger partial charge in [0, 0.05) is 11.5 Å². The molecule has 3 aromatic carbocycles. The molecule has 26 heavy (non-hydrogen) atoms. The molecule has 0 bridgehead atoms. The summed E-state index contributed by atoms with van der Waals surface area (Å²) in [4.78, 5) is 13.2. The molecule has 3 nitrogen and oxygen atoms in total. The maximum atomic E-state index is 13.2. The summed E-state index contributed by atoms with van der Waals surface area (Å²) >= 11 is 0. The van der Waals surface area contributed by atoms with Crippen LogP contribution in [0.5, 0.6) is 0 Å². The summed E-state index contributed by atoms with van der Waals surface area (Å²) in [6, 6.07) is 14.7. The number of alkyl halides is 3. The summed E-state index contributed by atoms with van der Waals surface area (Å²) in [5.41, 5.74) is 0.346. The van der Waals surface area contributed by atoms with E-state index in [0.29, 0.717) is 16.6 Å². The fraction of sp³-hybridized carbons (Fsp3) is 0.100. The highest BCUT2D eigenvalue weighted by molar-refractivity contribution is 6.14. The monoisotopic (exact) mass is 353 g/mol.